The summed E-state index contributed by atoms with van der Waals surface area (Å²) in [5.74, 6) is -3.27. The zero-order valence-corrected chi connectivity index (χ0v) is 11.4. The summed E-state index contributed by atoms with van der Waals surface area (Å²) in [6.45, 7) is -0.430. The number of benzene rings is 1. The lowest BCUT2D eigenvalue weighted by Gasteiger charge is -2.08. The zero-order valence-electron chi connectivity index (χ0n) is 11.4. The van der Waals surface area contributed by atoms with Crippen LogP contribution in [0.4, 0.5) is 4.79 Å². The van der Waals surface area contributed by atoms with Crippen molar-refractivity contribution in [1.29, 1.82) is 5.26 Å². The van der Waals surface area contributed by atoms with Gasteiger partial charge in [0.05, 0.1) is 19.7 Å². The van der Waals surface area contributed by atoms with Crippen molar-refractivity contribution in [1.82, 2.24) is 5.32 Å². The summed E-state index contributed by atoms with van der Waals surface area (Å²) in [5.41, 5.74) is 0.795. The highest BCUT2D eigenvalue weighted by Crippen LogP contribution is 2.01. The van der Waals surface area contributed by atoms with Crippen molar-refractivity contribution >= 4 is 17.8 Å². The van der Waals surface area contributed by atoms with Gasteiger partial charge in [-0.05, 0) is 5.56 Å². The summed E-state index contributed by atoms with van der Waals surface area (Å²) in [6, 6.07) is 10.5. The number of hydrogen-bond acceptors (Lipinski definition) is 6. The van der Waals surface area contributed by atoms with Gasteiger partial charge in [-0.3, -0.25) is 9.59 Å². The van der Waals surface area contributed by atoms with Crippen molar-refractivity contribution in [2.75, 3.05) is 13.7 Å². The third-order valence-corrected chi connectivity index (χ3v) is 2.51. The lowest BCUT2D eigenvalue weighted by Crippen LogP contribution is -2.36. The molecular formula is C14H14N2O5. The van der Waals surface area contributed by atoms with E-state index < -0.39 is 30.3 Å². The van der Waals surface area contributed by atoms with Crippen LogP contribution in [0.1, 0.15) is 5.56 Å². The van der Waals surface area contributed by atoms with Gasteiger partial charge < -0.3 is 14.8 Å². The Labute approximate surface area is 121 Å². The molecule has 1 rings (SSSR count). The van der Waals surface area contributed by atoms with Crippen molar-refractivity contribution in [2.45, 2.75) is 6.61 Å². The van der Waals surface area contributed by atoms with Crippen LogP contribution in [0, 0.1) is 17.2 Å². The number of carbonyl (C=O) groups excluding carboxylic acids is 3. The first kappa shape index (κ1) is 16.2. The van der Waals surface area contributed by atoms with E-state index in [1.165, 1.54) is 6.07 Å². The molecule has 0 aromatic heterocycles. The van der Waals surface area contributed by atoms with Crippen molar-refractivity contribution in [3.8, 4) is 6.07 Å². The van der Waals surface area contributed by atoms with Crippen LogP contribution < -0.4 is 5.32 Å². The Morgan fingerprint density at radius 3 is 2.52 bits per heavy atom. The number of Topliss-reactive ketones (excluding diaryl/α,β-unsaturated/α-hetero) is 1. The van der Waals surface area contributed by atoms with E-state index in [1.807, 2.05) is 6.07 Å². The Hall–Kier alpha value is -2.88. The molecule has 1 aromatic rings. The molecular weight excluding hydrogens is 276 g/mol. The average molecular weight is 290 g/mol. The first-order valence-corrected chi connectivity index (χ1v) is 6.03. The molecule has 1 unspecified atom stereocenters. The fraction of sp³-hybridized carbons (Fsp3) is 0.286. The van der Waals surface area contributed by atoms with E-state index in [1.54, 1.807) is 24.3 Å². The maximum Gasteiger partial charge on any atom is 0.407 e. The Kier molecular flexibility index (Phi) is 6.41. The summed E-state index contributed by atoms with van der Waals surface area (Å²) in [7, 11) is 1.07. The molecule has 110 valence electrons. The molecule has 0 aliphatic carbocycles. The van der Waals surface area contributed by atoms with Gasteiger partial charge >= 0.3 is 12.1 Å². The second-order valence-corrected chi connectivity index (χ2v) is 3.97. The Morgan fingerprint density at radius 2 is 1.95 bits per heavy atom. The summed E-state index contributed by atoms with van der Waals surface area (Å²) in [6.07, 6.45) is -0.811. The lowest BCUT2D eigenvalue weighted by atomic mass is 10.1. The number of nitrogens with one attached hydrogen (secondary N) is 1. The van der Waals surface area contributed by atoms with Crippen LogP contribution >= 0.6 is 0 Å². The highest BCUT2D eigenvalue weighted by molar-refractivity contribution is 6.03. The molecule has 0 aliphatic rings. The number of amides is 1. The van der Waals surface area contributed by atoms with E-state index in [9.17, 15) is 14.4 Å². The molecule has 7 heteroatoms. The zero-order chi connectivity index (χ0) is 15.7. The van der Waals surface area contributed by atoms with Gasteiger partial charge in [-0.25, -0.2) is 4.79 Å². The first-order chi connectivity index (χ1) is 10.1. The molecule has 21 heavy (non-hydrogen) atoms. The van der Waals surface area contributed by atoms with Crippen LogP contribution in [0.25, 0.3) is 0 Å². The highest BCUT2D eigenvalue weighted by Gasteiger charge is 2.27. The maximum absolute atomic E-state index is 11.6. The standard InChI is InChI=1S/C14H14N2O5/c1-20-13(18)11(7-15)12(17)8-16-14(19)21-9-10-5-3-2-4-6-10/h2-6,11H,8-9H2,1H3,(H,16,19). The smallest absolute Gasteiger partial charge is 0.407 e. The minimum Gasteiger partial charge on any atom is -0.468 e. The number of carbonyl (C=O) groups is 3. The van der Waals surface area contributed by atoms with E-state index >= 15 is 0 Å². The van der Waals surface area contributed by atoms with Crippen LogP contribution in [0.2, 0.25) is 0 Å². The predicted molar refractivity (Wildman–Crippen MR) is 70.8 cm³/mol. The van der Waals surface area contributed by atoms with Gasteiger partial charge in [0.1, 0.15) is 6.61 Å². The van der Waals surface area contributed by atoms with Crippen molar-refractivity contribution in [2.24, 2.45) is 5.92 Å². The number of hydrogen-bond donors (Lipinski definition) is 1. The lowest BCUT2D eigenvalue weighted by molar-refractivity contribution is -0.146. The largest absolute Gasteiger partial charge is 0.468 e. The van der Waals surface area contributed by atoms with Gasteiger partial charge in [-0.2, -0.15) is 5.26 Å². The molecule has 0 saturated heterocycles. The molecule has 1 aromatic carbocycles. The average Bonchev–Trinajstić information content (AvgIpc) is 2.52. The highest BCUT2D eigenvalue weighted by atomic mass is 16.5. The third kappa shape index (κ3) is 5.32. The molecule has 0 fully saturated rings. The molecule has 0 heterocycles. The van der Waals surface area contributed by atoms with Crippen molar-refractivity contribution in [3.63, 3.8) is 0 Å². The number of alkyl carbamates (subject to hydrolysis) is 1. The SMILES string of the molecule is COC(=O)C(C#N)C(=O)CNC(=O)OCc1ccccc1. The number of nitrogens with zero attached hydrogens (tertiary/aromatic N) is 1. The van der Waals surface area contributed by atoms with Gasteiger partial charge in [0, 0.05) is 0 Å². The summed E-state index contributed by atoms with van der Waals surface area (Å²) in [5, 5.41) is 10.9. The molecule has 7 nitrogen and oxygen atoms in total. The second-order valence-electron chi connectivity index (χ2n) is 3.97. The molecule has 1 atom stereocenters. The number of ketones is 1. The van der Waals surface area contributed by atoms with E-state index in [2.05, 4.69) is 10.1 Å². The van der Waals surface area contributed by atoms with Gasteiger partial charge in [0.25, 0.3) is 0 Å². The summed E-state index contributed by atoms with van der Waals surface area (Å²) < 4.78 is 9.19. The maximum atomic E-state index is 11.6. The van der Waals surface area contributed by atoms with Crippen molar-refractivity contribution < 1.29 is 23.9 Å². The quantitative estimate of drug-likeness (QED) is 0.613. The number of rotatable bonds is 6. The predicted octanol–water partition coefficient (Wildman–Crippen LogP) is 0.795. The molecule has 0 saturated carbocycles. The second kappa shape index (κ2) is 8.32. The van der Waals surface area contributed by atoms with E-state index in [0.29, 0.717) is 0 Å². The molecule has 1 amide bonds. The van der Waals surface area contributed by atoms with Crippen molar-refractivity contribution in [3.05, 3.63) is 35.9 Å². The van der Waals surface area contributed by atoms with E-state index in [-0.39, 0.29) is 6.61 Å². The monoisotopic (exact) mass is 290 g/mol. The van der Waals surface area contributed by atoms with Crippen LogP contribution in [-0.4, -0.2) is 31.5 Å². The first-order valence-electron chi connectivity index (χ1n) is 6.03. The van der Waals surface area contributed by atoms with E-state index in [0.717, 1.165) is 12.7 Å². The summed E-state index contributed by atoms with van der Waals surface area (Å²) in [4.78, 5) is 34.1. The normalized spacial score (nSPS) is 10.9. The number of esters is 1. The molecule has 0 radical (unpaired) electrons. The Morgan fingerprint density at radius 1 is 1.29 bits per heavy atom. The Balaban J connectivity index is 2.37. The molecule has 0 aliphatic heterocycles. The van der Waals surface area contributed by atoms with Gasteiger partial charge in [-0.1, -0.05) is 30.3 Å². The fourth-order valence-electron chi connectivity index (χ4n) is 1.41. The van der Waals surface area contributed by atoms with Crippen LogP contribution in [0.15, 0.2) is 30.3 Å². The Bertz CT molecular complexity index is 550. The fourth-order valence-corrected chi connectivity index (χ4v) is 1.41. The number of nitriles is 1. The minimum atomic E-state index is -1.55. The van der Waals surface area contributed by atoms with Gasteiger partial charge in [-0.15, -0.1) is 0 Å². The third-order valence-electron chi connectivity index (χ3n) is 2.51. The summed E-state index contributed by atoms with van der Waals surface area (Å²) >= 11 is 0. The number of methoxy groups -OCH3 is 1. The molecule has 0 bridgehead atoms. The molecule has 0 spiro atoms. The topological polar surface area (TPSA) is 105 Å². The van der Waals surface area contributed by atoms with Crippen LogP contribution in [-0.2, 0) is 25.7 Å². The van der Waals surface area contributed by atoms with Crippen LogP contribution in [0.5, 0.6) is 0 Å². The number of ether oxygens (including phenoxy) is 2. The molecule has 1 N–H and O–H groups in total. The van der Waals surface area contributed by atoms with Gasteiger partial charge in [0.15, 0.2) is 5.78 Å². The van der Waals surface area contributed by atoms with Gasteiger partial charge in [0.2, 0.25) is 5.92 Å². The van der Waals surface area contributed by atoms with E-state index in [4.69, 9.17) is 10.00 Å². The minimum absolute atomic E-state index is 0.0551. The van der Waals surface area contributed by atoms with Crippen LogP contribution in [0.3, 0.4) is 0 Å².